The van der Waals surface area contributed by atoms with Gasteiger partial charge in [-0.25, -0.2) is 0 Å². The Labute approximate surface area is 130 Å². The van der Waals surface area contributed by atoms with Crippen LogP contribution >= 0.6 is 12.2 Å². The summed E-state index contributed by atoms with van der Waals surface area (Å²) in [6.07, 6.45) is 3.79. The van der Waals surface area contributed by atoms with E-state index in [-0.39, 0.29) is 12.1 Å². The lowest BCUT2D eigenvalue weighted by Gasteiger charge is -2.28. The van der Waals surface area contributed by atoms with E-state index >= 15 is 0 Å². The van der Waals surface area contributed by atoms with Crippen LogP contribution in [0.2, 0.25) is 0 Å². The number of thiocarbonyl (C=S) groups is 1. The average Bonchev–Trinajstić information content (AvgIpc) is 3.08. The molecule has 1 saturated heterocycles. The second-order valence-electron chi connectivity index (χ2n) is 5.80. The molecule has 5 heteroatoms. The van der Waals surface area contributed by atoms with Crippen molar-refractivity contribution in [2.24, 2.45) is 5.92 Å². The van der Waals surface area contributed by atoms with Gasteiger partial charge in [-0.05, 0) is 42.4 Å². The molecule has 110 valence electrons. The maximum Gasteiger partial charge on any atom is 0.170 e. The van der Waals surface area contributed by atoms with Gasteiger partial charge in [0.15, 0.2) is 5.11 Å². The summed E-state index contributed by atoms with van der Waals surface area (Å²) in [6, 6.07) is 10.4. The summed E-state index contributed by atoms with van der Waals surface area (Å²) in [7, 11) is 0. The Balaban J connectivity index is 1.98. The van der Waals surface area contributed by atoms with Gasteiger partial charge in [0.1, 0.15) is 0 Å². The first-order valence-corrected chi connectivity index (χ1v) is 7.69. The van der Waals surface area contributed by atoms with Crippen LogP contribution in [0.5, 0.6) is 0 Å². The Bertz CT molecular complexity index is 594. The van der Waals surface area contributed by atoms with Gasteiger partial charge in [-0.15, -0.1) is 0 Å². The smallest absolute Gasteiger partial charge is 0.170 e. The lowest BCUT2D eigenvalue weighted by molar-refractivity contribution is 0.283. The molecule has 1 fully saturated rings. The molecule has 0 aromatic carbocycles. The molecule has 3 heterocycles. The van der Waals surface area contributed by atoms with Crippen LogP contribution in [-0.2, 0) is 0 Å². The van der Waals surface area contributed by atoms with E-state index in [1.54, 1.807) is 0 Å². The van der Waals surface area contributed by atoms with E-state index < -0.39 is 0 Å². The third-order valence-electron chi connectivity index (χ3n) is 3.70. The molecule has 2 atom stereocenters. The van der Waals surface area contributed by atoms with E-state index in [1.807, 2.05) is 30.6 Å². The van der Waals surface area contributed by atoms with Gasteiger partial charge in [-0.1, -0.05) is 19.9 Å². The van der Waals surface area contributed by atoms with Crippen molar-refractivity contribution < 1.29 is 0 Å². The number of aromatic nitrogens is 2. The molecule has 0 unspecified atom stereocenters. The molecule has 0 aliphatic carbocycles. The molecule has 4 nitrogen and oxygen atoms in total. The van der Waals surface area contributed by atoms with Gasteiger partial charge in [-0.3, -0.25) is 4.98 Å². The van der Waals surface area contributed by atoms with Gasteiger partial charge in [0.05, 0.1) is 17.8 Å². The number of hydrogen-bond donors (Lipinski definition) is 2. The summed E-state index contributed by atoms with van der Waals surface area (Å²) in [5.74, 6) is 0.546. The van der Waals surface area contributed by atoms with Gasteiger partial charge in [0, 0.05) is 24.6 Å². The largest absolute Gasteiger partial charge is 0.363 e. The predicted octanol–water partition coefficient (Wildman–Crippen LogP) is 3.04. The zero-order chi connectivity index (χ0) is 14.8. The number of aromatic amines is 1. The first-order valence-electron chi connectivity index (χ1n) is 7.28. The SMILES string of the molecule is CC(C)CN1C(=S)N[C@@H](c2ccccn2)[C@H]1c1ccc[nH]1. The Morgan fingerprint density at radius 2 is 2.14 bits per heavy atom. The maximum absolute atomic E-state index is 5.56. The molecular weight excluding hydrogens is 280 g/mol. The van der Waals surface area contributed by atoms with Gasteiger partial charge in [0.25, 0.3) is 0 Å². The average molecular weight is 300 g/mol. The Kier molecular flexibility index (Phi) is 3.92. The van der Waals surface area contributed by atoms with Crippen molar-refractivity contribution in [3.8, 4) is 0 Å². The number of nitrogens with one attached hydrogen (secondary N) is 2. The quantitative estimate of drug-likeness (QED) is 0.852. The Morgan fingerprint density at radius 3 is 2.76 bits per heavy atom. The minimum absolute atomic E-state index is 0.0797. The van der Waals surface area contributed by atoms with Crippen molar-refractivity contribution >= 4 is 17.3 Å². The fraction of sp³-hybridized carbons (Fsp3) is 0.375. The van der Waals surface area contributed by atoms with Crippen LogP contribution in [0.25, 0.3) is 0 Å². The molecule has 2 aromatic heterocycles. The van der Waals surface area contributed by atoms with Crippen LogP contribution in [0.3, 0.4) is 0 Å². The number of nitrogens with zero attached hydrogens (tertiary/aromatic N) is 2. The van der Waals surface area contributed by atoms with E-state index in [9.17, 15) is 0 Å². The Morgan fingerprint density at radius 1 is 1.29 bits per heavy atom. The van der Waals surface area contributed by atoms with Crippen molar-refractivity contribution in [3.63, 3.8) is 0 Å². The second kappa shape index (κ2) is 5.85. The van der Waals surface area contributed by atoms with Crippen LogP contribution in [-0.4, -0.2) is 26.5 Å². The normalized spacial score (nSPS) is 21.9. The highest BCUT2D eigenvalue weighted by molar-refractivity contribution is 7.80. The van der Waals surface area contributed by atoms with E-state index in [0.29, 0.717) is 5.92 Å². The first-order chi connectivity index (χ1) is 10.2. The maximum atomic E-state index is 5.56. The van der Waals surface area contributed by atoms with Gasteiger partial charge in [0.2, 0.25) is 0 Å². The second-order valence-corrected chi connectivity index (χ2v) is 6.18. The van der Waals surface area contributed by atoms with Crippen molar-refractivity contribution in [1.29, 1.82) is 0 Å². The third-order valence-corrected chi connectivity index (χ3v) is 4.05. The molecule has 2 aromatic rings. The standard InChI is InChI=1S/C16H20N4S/c1-11(2)10-20-15(13-7-5-9-18-13)14(19-16(20)21)12-6-3-4-8-17-12/h3-9,11,14-15,18H,10H2,1-2H3,(H,19,21)/t14-,15+/m0/s1. The van der Waals surface area contributed by atoms with Gasteiger partial charge < -0.3 is 15.2 Å². The highest BCUT2D eigenvalue weighted by atomic mass is 32.1. The summed E-state index contributed by atoms with van der Waals surface area (Å²) in [4.78, 5) is 10.1. The molecule has 0 saturated carbocycles. The first kappa shape index (κ1) is 14.1. The topological polar surface area (TPSA) is 44.0 Å². The van der Waals surface area contributed by atoms with Crippen LogP contribution in [0, 0.1) is 5.92 Å². The van der Waals surface area contributed by atoms with E-state index in [4.69, 9.17) is 12.2 Å². The Hall–Kier alpha value is -1.88. The van der Waals surface area contributed by atoms with E-state index in [2.05, 4.69) is 46.2 Å². The number of rotatable bonds is 4. The van der Waals surface area contributed by atoms with Crippen molar-refractivity contribution in [1.82, 2.24) is 20.2 Å². The van der Waals surface area contributed by atoms with Crippen LogP contribution in [0.1, 0.15) is 37.3 Å². The van der Waals surface area contributed by atoms with Crippen LogP contribution in [0.4, 0.5) is 0 Å². The minimum atomic E-state index is 0.0797. The highest BCUT2D eigenvalue weighted by Gasteiger charge is 2.40. The summed E-state index contributed by atoms with van der Waals surface area (Å²) in [5.41, 5.74) is 2.18. The van der Waals surface area contributed by atoms with Crippen molar-refractivity contribution in [2.75, 3.05) is 6.54 Å². The van der Waals surface area contributed by atoms with Gasteiger partial charge in [-0.2, -0.15) is 0 Å². The fourth-order valence-electron chi connectivity index (χ4n) is 2.86. The number of hydrogen-bond acceptors (Lipinski definition) is 2. The molecular formula is C16H20N4S. The molecule has 1 aliphatic heterocycles. The van der Waals surface area contributed by atoms with Crippen LogP contribution < -0.4 is 5.32 Å². The molecule has 0 bridgehead atoms. The molecule has 0 radical (unpaired) electrons. The number of H-pyrrole nitrogens is 1. The fourth-order valence-corrected chi connectivity index (χ4v) is 3.18. The molecule has 0 spiro atoms. The van der Waals surface area contributed by atoms with Crippen LogP contribution in [0.15, 0.2) is 42.7 Å². The zero-order valence-corrected chi connectivity index (χ0v) is 13.1. The number of pyridine rings is 1. The summed E-state index contributed by atoms with van der Waals surface area (Å²) in [6.45, 7) is 5.35. The van der Waals surface area contributed by atoms with Gasteiger partial charge >= 0.3 is 0 Å². The summed E-state index contributed by atoms with van der Waals surface area (Å²) < 4.78 is 0. The molecule has 1 aliphatic rings. The zero-order valence-electron chi connectivity index (χ0n) is 12.3. The highest BCUT2D eigenvalue weighted by Crippen LogP contribution is 2.37. The predicted molar refractivity (Wildman–Crippen MR) is 87.8 cm³/mol. The molecule has 21 heavy (non-hydrogen) atoms. The van der Waals surface area contributed by atoms with Crippen molar-refractivity contribution in [2.45, 2.75) is 25.9 Å². The van der Waals surface area contributed by atoms with Crippen molar-refractivity contribution in [3.05, 3.63) is 54.1 Å². The monoisotopic (exact) mass is 300 g/mol. The lowest BCUT2D eigenvalue weighted by Crippen LogP contribution is -2.33. The molecule has 3 rings (SSSR count). The third kappa shape index (κ3) is 2.78. The molecule has 2 N–H and O–H groups in total. The summed E-state index contributed by atoms with van der Waals surface area (Å²) >= 11 is 5.56. The molecule has 0 amide bonds. The van der Waals surface area contributed by atoms with E-state index in [1.165, 1.54) is 5.69 Å². The minimum Gasteiger partial charge on any atom is -0.363 e. The summed E-state index contributed by atoms with van der Waals surface area (Å²) in [5, 5.41) is 4.24. The van der Waals surface area contributed by atoms with E-state index in [0.717, 1.165) is 17.4 Å². The lowest BCUT2D eigenvalue weighted by atomic mass is 10.0.